The predicted octanol–water partition coefficient (Wildman–Crippen LogP) is 0.848. The molecule has 2 N–H and O–H groups in total. The molecule has 2 rings (SSSR count). The van der Waals surface area contributed by atoms with Gasteiger partial charge in [0.1, 0.15) is 5.75 Å². The molecule has 1 aromatic rings. The van der Waals surface area contributed by atoms with E-state index in [1.54, 1.807) is 7.11 Å². The van der Waals surface area contributed by atoms with E-state index in [-0.39, 0.29) is 0 Å². The number of amides is 2. The average Bonchev–Trinajstić information content (AvgIpc) is 2.60. The van der Waals surface area contributed by atoms with E-state index >= 15 is 0 Å². The second-order valence-corrected chi connectivity index (χ2v) is 7.46. The molecule has 1 heterocycles. The number of anilines is 1. The van der Waals surface area contributed by atoms with E-state index < -0.39 is 17.4 Å². The van der Waals surface area contributed by atoms with Crippen LogP contribution in [0.4, 0.5) is 5.69 Å². The van der Waals surface area contributed by atoms with E-state index in [0.29, 0.717) is 6.54 Å². The highest BCUT2D eigenvalue weighted by Crippen LogP contribution is 2.28. The van der Waals surface area contributed by atoms with E-state index in [0.717, 1.165) is 44.2 Å². The number of carbonyl (C=O) groups is 2. The fraction of sp³-hybridized carbons (Fsp3) is 0.579. The number of hydrogen-bond acceptors (Lipinski definition) is 5. The summed E-state index contributed by atoms with van der Waals surface area (Å²) in [4.78, 5) is 28.1. The maximum atomic E-state index is 11.8. The van der Waals surface area contributed by atoms with Gasteiger partial charge in [-0.15, -0.1) is 0 Å². The fourth-order valence-corrected chi connectivity index (χ4v) is 2.91. The molecule has 1 aliphatic rings. The number of nitrogens with one attached hydrogen (secondary N) is 2. The van der Waals surface area contributed by atoms with Gasteiger partial charge in [0.2, 0.25) is 0 Å². The Morgan fingerprint density at radius 1 is 1.08 bits per heavy atom. The maximum Gasteiger partial charge on any atom is 0.309 e. The molecule has 0 aromatic heterocycles. The summed E-state index contributed by atoms with van der Waals surface area (Å²) >= 11 is 0. The molecule has 1 aromatic carbocycles. The van der Waals surface area contributed by atoms with Crippen LogP contribution in [-0.4, -0.2) is 68.6 Å². The summed E-state index contributed by atoms with van der Waals surface area (Å²) in [5, 5.41) is 5.35. The number of methoxy groups -OCH3 is 1. The van der Waals surface area contributed by atoms with Crippen molar-refractivity contribution in [1.29, 1.82) is 0 Å². The minimum Gasteiger partial charge on any atom is -0.495 e. The van der Waals surface area contributed by atoms with Crippen molar-refractivity contribution >= 4 is 17.5 Å². The number of ether oxygens (including phenoxy) is 1. The van der Waals surface area contributed by atoms with Crippen molar-refractivity contribution in [2.75, 3.05) is 51.3 Å². The topological polar surface area (TPSA) is 73.9 Å². The fourth-order valence-electron chi connectivity index (χ4n) is 2.91. The van der Waals surface area contributed by atoms with Crippen LogP contribution < -0.4 is 20.3 Å². The van der Waals surface area contributed by atoms with Gasteiger partial charge in [0.25, 0.3) is 0 Å². The van der Waals surface area contributed by atoms with E-state index in [2.05, 4.69) is 26.5 Å². The highest BCUT2D eigenvalue weighted by atomic mass is 16.5. The Morgan fingerprint density at radius 2 is 1.73 bits per heavy atom. The molecule has 0 saturated carbocycles. The number of benzene rings is 1. The van der Waals surface area contributed by atoms with Gasteiger partial charge in [-0.05, 0) is 32.9 Å². The van der Waals surface area contributed by atoms with Crippen LogP contribution in [0.2, 0.25) is 0 Å². The van der Waals surface area contributed by atoms with Crippen molar-refractivity contribution in [3.63, 3.8) is 0 Å². The van der Waals surface area contributed by atoms with Crippen molar-refractivity contribution in [2.45, 2.75) is 26.3 Å². The quantitative estimate of drug-likeness (QED) is 0.760. The summed E-state index contributed by atoms with van der Waals surface area (Å²) in [6, 6.07) is 8.03. The van der Waals surface area contributed by atoms with Crippen LogP contribution in [-0.2, 0) is 9.59 Å². The standard InChI is InChI=1S/C19H30N4O3/c1-19(2,3)21-18(25)17(24)20-9-10-22-11-13-23(14-12-22)15-7-5-6-8-16(15)26-4/h5-8H,9-14H2,1-4H3,(H,20,24)(H,21,25). The van der Waals surface area contributed by atoms with Gasteiger partial charge in [-0.2, -0.15) is 0 Å². The van der Waals surface area contributed by atoms with Crippen LogP contribution in [0, 0.1) is 0 Å². The molecule has 1 saturated heterocycles. The average molecular weight is 362 g/mol. The lowest BCUT2D eigenvalue weighted by Gasteiger charge is -2.36. The third kappa shape index (κ3) is 5.91. The summed E-state index contributed by atoms with van der Waals surface area (Å²) in [7, 11) is 1.69. The van der Waals surface area contributed by atoms with E-state index in [9.17, 15) is 9.59 Å². The Morgan fingerprint density at radius 3 is 2.35 bits per heavy atom. The largest absolute Gasteiger partial charge is 0.495 e. The molecule has 1 aliphatic heterocycles. The number of hydrogen-bond donors (Lipinski definition) is 2. The molecule has 0 atom stereocenters. The number of carbonyl (C=O) groups excluding carboxylic acids is 2. The van der Waals surface area contributed by atoms with Crippen LogP contribution in [0.5, 0.6) is 5.75 Å². The molecule has 2 amide bonds. The third-order valence-electron chi connectivity index (χ3n) is 4.21. The smallest absolute Gasteiger partial charge is 0.309 e. The van der Waals surface area contributed by atoms with Gasteiger partial charge in [-0.1, -0.05) is 12.1 Å². The number of nitrogens with zero attached hydrogens (tertiary/aromatic N) is 2. The molecule has 144 valence electrons. The van der Waals surface area contributed by atoms with Crippen molar-refractivity contribution < 1.29 is 14.3 Å². The first-order valence-corrected chi connectivity index (χ1v) is 9.01. The zero-order chi connectivity index (χ0) is 19.2. The Balaban J connectivity index is 1.72. The molecule has 0 unspecified atom stereocenters. The van der Waals surface area contributed by atoms with E-state index in [1.165, 1.54) is 0 Å². The van der Waals surface area contributed by atoms with Gasteiger partial charge >= 0.3 is 11.8 Å². The monoisotopic (exact) mass is 362 g/mol. The molecule has 1 fully saturated rings. The number of piperazine rings is 1. The zero-order valence-corrected chi connectivity index (χ0v) is 16.2. The maximum absolute atomic E-state index is 11.8. The highest BCUT2D eigenvalue weighted by molar-refractivity contribution is 6.35. The van der Waals surface area contributed by atoms with Gasteiger partial charge in [-0.25, -0.2) is 0 Å². The summed E-state index contributed by atoms with van der Waals surface area (Å²) in [5.74, 6) is -0.274. The number of rotatable bonds is 5. The molecule has 26 heavy (non-hydrogen) atoms. The SMILES string of the molecule is COc1ccccc1N1CCN(CCNC(=O)C(=O)NC(C)(C)C)CC1. The number of para-hydroxylation sites is 2. The van der Waals surface area contributed by atoms with Crippen LogP contribution in [0.15, 0.2) is 24.3 Å². The van der Waals surface area contributed by atoms with Gasteiger partial charge < -0.3 is 20.3 Å². The predicted molar refractivity (Wildman–Crippen MR) is 103 cm³/mol. The molecule has 0 spiro atoms. The lowest BCUT2D eigenvalue weighted by molar-refractivity contribution is -0.140. The molecular formula is C19H30N4O3. The Hall–Kier alpha value is -2.28. The van der Waals surface area contributed by atoms with Crippen molar-refractivity contribution in [1.82, 2.24) is 15.5 Å². The normalized spacial score (nSPS) is 15.5. The lowest BCUT2D eigenvalue weighted by Crippen LogP contribution is -2.51. The van der Waals surface area contributed by atoms with Crippen molar-refractivity contribution in [2.24, 2.45) is 0 Å². The van der Waals surface area contributed by atoms with Crippen LogP contribution >= 0.6 is 0 Å². The van der Waals surface area contributed by atoms with Gasteiger partial charge in [0.15, 0.2) is 0 Å². The second kappa shape index (κ2) is 8.89. The van der Waals surface area contributed by atoms with Gasteiger partial charge in [0, 0.05) is 44.8 Å². The molecule has 0 bridgehead atoms. The second-order valence-electron chi connectivity index (χ2n) is 7.46. The van der Waals surface area contributed by atoms with Crippen LogP contribution in [0.3, 0.4) is 0 Å². The summed E-state index contributed by atoms with van der Waals surface area (Å²) in [5.41, 5.74) is 0.699. The lowest BCUT2D eigenvalue weighted by atomic mass is 10.1. The first kappa shape index (κ1) is 20.0. The summed E-state index contributed by atoms with van der Waals surface area (Å²) < 4.78 is 5.43. The molecular weight excluding hydrogens is 332 g/mol. The first-order chi connectivity index (χ1) is 12.3. The van der Waals surface area contributed by atoms with Gasteiger partial charge in [-0.3, -0.25) is 14.5 Å². The van der Waals surface area contributed by atoms with E-state index in [1.807, 2.05) is 39.0 Å². The Labute approximate surface area is 155 Å². The minimum atomic E-state index is -0.585. The summed E-state index contributed by atoms with van der Waals surface area (Å²) in [6.45, 7) is 10.3. The third-order valence-corrected chi connectivity index (χ3v) is 4.21. The molecule has 0 radical (unpaired) electrons. The Bertz CT molecular complexity index is 619. The first-order valence-electron chi connectivity index (χ1n) is 9.01. The summed E-state index contributed by atoms with van der Waals surface area (Å²) in [6.07, 6.45) is 0. The Kier molecular flexibility index (Phi) is 6.85. The van der Waals surface area contributed by atoms with Gasteiger partial charge in [0.05, 0.1) is 12.8 Å². The van der Waals surface area contributed by atoms with Crippen molar-refractivity contribution in [3.05, 3.63) is 24.3 Å². The molecule has 7 nitrogen and oxygen atoms in total. The van der Waals surface area contributed by atoms with Crippen molar-refractivity contribution in [3.8, 4) is 5.75 Å². The molecule has 7 heteroatoms. The van der Waals surface area contributed by atoms with Crippen LogP contribution in [0.25, 0.3) is 0 Å². The highest BCUT2D eigenvalue weighted by Gasteiger charge is 2.21. The van der Waals surface area contributed by atoms with Crippen LogP contribution in [0.1, 0.15) is 20.8 Å². The van der Waals surface area contributed by atoms with E-state index in [4.69, 9.17) is 4.74 Å². The zero-order valence-electron chi connectivity index (χ0n) is 16.2. The molecule has 0 aliphatic carbocycles. The minimum absolute atomic E-state index is 0.413.